The number of benzene rings is 1. The normalized spacial score (nSPS) is 10.4. The summed E-state index contributed by atoms with van der Waals surface area (Å²) in [5, 5.41) is 9.16. The molecule has 1 heterocycles. The zero-order chi connectivity index (χ0) is 18.0. The van der Waals surface area contributed by atoms with Gasteiger partial charge in [-0.05, 0) is 24.3 Å². The van der Waals surface area contributed by atoms with E-state index in [9.17, 15) is 19.2 Å². The number of anilines is 1. The van der Waals surface area contributed by atoms with Crippen molar-refractivity contribution in [2.45, 2.75) is 0 Å². The highest BCUT2D eigenvalue weighted by Crippen LogP contribution is 2.11. The van der Waals surface area contributed by atoms with Crippen LogP contribution in [0.1, 0.15) is 20.7 Å². The maximum absolute atomic E-state index is 12.2. The van der Waals surface area contributed by atoms with E-state index in [2.05, 4.69) is 0 Å². The molecule has 1 aromatic carbocycles. The van der Waals surface area contributed by atoms with Gasteiger partial charge in [-0.3, -0.25) is 18.7 Å². The summed E-state index contributed by atoms with van der Waals surface area (Å²) in [6.07, 6.45) is 0. The Morgan fingerprint density at radius 3 is 2.29 bits per heavy atom. The molecule has 9 nitrogen and oxygen atoms in total. The van der Waals surface area contributed by atoms with Crippen LogP contribution in [0.15, 0.2) is 33.9 Å². The second kappa shape index (κ2) is 6.41. The minimum Gasteiger partial charge on any atom is -0.508 e. The van der Waals surface area contributed by atoms with Crippen molar-refractivity contribution in [1.29, 1.82) is 0 Å². The molecule has 0 saturated heterocycles. The Hall–Kier alpha value is -3.36. The third-order valence-electron chi connectivity index (χ3n) is 3.43. The van der Waals surface area contributed by atoms with Crippen LogP contribution in [0.25, 0.3) is 0 Å². The van der Waals surface area contributed by atoms with Gasteiger partial charge >= 0.3 is 11.7 Å². The summed E-state index contributed by atoms with van der Waals surface area (Å²) in [5.41, 5.74) is 3.83. The SMILES string of the molecule is Cn1c(N)c(C(=O)COC(=O)c2ccc(O)cc2)c(=O)n(C)c1=O. The lowest BCUT2D eigenvalue weighted by atomic mass is 10.2. The van der Waals surface area contributed by atoms with Crippen LogP contribution in [0, 0.1) is 0 Å². The molecule has 0 aliphatic heterocycles. The first-order chi connectivity index (χ1) is 11.2. The molecule has 24 heavy (non-hydrogen) atoms. The fraction of sp³-hybridized carbons (Fsp3) is 0.200. The van der Waals surface area contributed by atoms with E-state index in [4.69, 9.17) is 15.6 Å². The smallest absolute Gasteiger partial charge is 0.338 e. The van der Waals surface area contributed by atoms with Crippen molar-refractivity contribution in [1.82, 2.24) is 9.13 Å². The van der Waals surface area contributed by atoms with Crippen molar-refractivity contribution < 1.29 is 19.4 Å². The van der Waals surface area contributed by atoms with Gasteiger partial charge in [0.25, 0.3) is 5.56 Å². The molecule has 0 spiro atoms. The molecule has 0 radical (unpaired) electrons. The summed E-state index contributed by atoms with van der Waals surface area (Å²) in [5.74, 6) is -1.95. The summed E-state index contributed by atoms with van der Waals surface area (Å²) < 4.78 is 6.54. The lowest BCUT2D eigenvalue weighted by molar-refractivity contribution is 0.0474. The number of carbonyl (C=O) groups excluding carboxylic acids is 2. The van der Waals surface area contributed by atoms with Gasteiger partial charge in [0.15, 0.2) is 6.61 Å². The van der Waals surface area contributed by atoms with E-state index in [1.165, 1.54) is 38.4 Å². The molecule has 0 fully saturated rings. The molecule has 2 aromatic rings. The molecular weight excluding hydrogens is 318 g/mol. The number of nitrogen functional groups attached to an aromatic ring is 1. The molecule has 0 saturated carbocycles. The monoisotopic (exact) mass is 333 g/mol. The van der Waals surface area contributed by atoms with Gasteiger partial charge in [0.2, 0.25) is 5.78 Å². The van der Waals surface area contributed by atoms with Crippen molar-refractivity contribution >= 4 is 17.6 Å². The van der Waals surface area contributed by atoms with E-state index in [0.717, 1.165) is 9.13 Å². The molecule has 0 atom stereocenters. The Labute approximate surface area is 135 Å². The third-order valence-corrected chi connectivity index (χ3v) is 3.43. The maximum atomic E-state index is 12.2. The predicted octanol–water partition coefficient (Wildman–Crippen LogP) is -0.589. The van der Waals surface area contributed by atoms with E-state index in [1.54, 1.807) is 0 Å². The van der Waals surface area contributed by atoms with Crippen LogP contribution in [0.5, 0.6) is 5.75 Å². The average Bonchev–Trinajstić information content (AvgIpc) is 2.57. The first-order valence-electron chi connectivity index (χ1n) is 6.79. The Balaban J connectivity index is 2.22. The fourth-order valence-corrected chi connectivity index (χ4v) is 2.01. The Morgan fingerprint density at radius 1 is 1.12 bits per heavy atom. The zero-order valence-electron chi connectivity index (χ0n) is 13.0. The fourth-order valence-electron chi connectivity index (χ4n) is 2.01. The number of hydrogen-bond donors (Lipinski definition) is 2. The summed E-state index contributed by atoms with van der Waals surface area (Å²) in [7, 11) is 2.53. The van der Waals surface area contributed by atoms with Crippen LogP contribution in [-0.4, -0.2) is 32.6 Å². The van der Waals surface area contributed by atoms with Crippen LogP contribution in [-0.2, 0) is 18.8 Å². The predicted molar refractivity (Wildman–Crippen MR) is 84.1 cm³/mol. The van der Waals surface area contributed by atoms with Crippen molar-refractivity contribution in [2.75, 3.05) is 12.3 Å². The molecule has 3 N–H and O–H groups in total. The number of nitrogens with two attached hydrogens (primary N) is 1. The largest absolute Gasteiger partial charge is 0.508 e. The summed E-state index contributed by atoms with van der Waals surface area (Å²) in [4.78, 5) is 47.7. The van der Waals surface area contributed by atoms with Gasteiger partial charge in [0.1, 0.15) is 17.1 Å². The van der Waals surface area contributed by atoms with E-state index in [0.29, 0.717) is 0 Å². The Morgan fingerprint density at radius 2 is 1.71 bits per heavy atom. The van der Waals surface area contributed by atoms with Crippen molar-refractivity contribution in [2.24, 2.45) is 14.1 Å². The number of carbonyl (C=O) groups is 2. The minimum absolute atomic E-state index is 0.0240. The van der Waals surface area contributed by atoms with Gasteiger partial charge in [-0.2, -0.15) is 0 Å². The summed E-state index contributed by atoms with van der Waals surface area (Å²) >= 11 is 0. The molecule has 0 bridgehead atoms. The molecule has 1 aromatic heterocycles. The topological polar surface area (TPSA) is 134 Å². The van der Waals surface area contributed by atoms with Crippen molar-refractivity contribution in [3.8, 4) is 5.75 Å². The maximum Gasteiger partial charge on any atom is 0.338 e. The lowest BCUT2D eigenvalue weighted by Crippen LogP contribution is -2.42. The zero-order valence-corrected chi connectivity index (χ0v) is 13.0. The van der Waals surface area contributed by atoms with Gasteiger partial charge in [0, 0.05) is 14.1 Å². The highest BCUT2D eigenvalue weighted by atomic mass is 16.5. The second-order valence-electron chi connectivity index (χ2n) is 5.01. The third kappa shape index (κ3) is 3.05. The van der Waals surface area contributed by atoms with Gasteiger partial charge in [-0.25, -0.2) is 9.59 Å². The van der Waals surface area contributed by atoms with Crippen LogP contribution >= 0.6 is 0 Å². The first kappa shape index (κ1) is 17.0. The Kier molecular flexibility index (Phi) is 4.54. The number of hydrogen-bond acceptors (Lipinski definition) is 7. The molecule has 126 valence electrons. The van der Waals surface area contributed by atoms with Gasteiger partial charge in [-0.15, -0.1) is 0 Å². The van der Waals surface area contributed by atoms with E-state index >= 15 is 0 Å². The number of ketones is 1. The van der Waals surface area contributed by atoms with Crippen molar-refractivity contribution in [3.63, 3.8) is 0 Å². The number of rotatable bonds is 4. The number of phenolic OH excluding ortho intramolecular Hbond substituents is 1. The molecular formula is C15H15N3O6. The van der Waals surface area contributed by atoms with Crippen LogP contribution < -0.4 is 17.0 Å². The summed E-state index contributed by atoms with van der Waals surface area (Å²) in [6, 6.07) is 5.22. The molecule has 0 amide bonds. The van der Waals surface area contributed by atoms with E-state index in [-0.39, 0.29) is 17.1 Å². The van der Waals surface area contributed by atoms with Gasteiger partial charge < -0.3 is 15.6 Å². The van der Waals surface area contributed by atoms with Crippen molar-refractivity contribution in [3.05, 3.63) is 56.2 Å². The number of nitrogens with zero attached hydrogens (tertiary/aromatic N) is 2. The molecule has 0 unspecified atom stereocenters. The number of Topliss-reactive ketones (excluding diaryl/α,β-unsaturated/α-hetero) is 1. The quantitative estimate of drug-likeness (QED) is 0.564. The van der Waals surface area contributed by atoms with Crippen LogP contribution in [0.2, 0.25) is 0 Å². The number of ether oxygens (including phenoxy) is 1. The number of esters is 1. The second-order valence-corrected chi connectivity index (χ2v) is 5.01. The molecule has 9 heteroatoms. The first-order valence-corrected chi connectivity index (χ1v) is 6.79. The van der Waals surface area contributed by atoms with Gasteiger partial charge in [-0.1, -0.05) is 0 Å². The van der Waals surface area contributed by atoms with Gasteiger partial charge in [0.05, 0.1) is 5.56 Å². The standard InChI is InChI=1S/C15H15N3O6/c1-17-12(16)11(13(21)18(2)15(17)23)10(20)7-24-14(22)8-3-5-9(19)6-4-8/h3-6,19H,7,16H2,1-2H3. The van der Waals surface area contributed by atoms with Crippen LogP contribution in [0.3, 0.4) is 0 Å². The highest BCUT2D eigenvalue weighted by Gasteiger charge is 2.21. The summed E-state index contributed by atoms with van der Waals surface area (Å²) in [6.45, 7) is -0.711. The van der Waals surface area contributed by atoms with E-state index in [1.807, 2.05) is 0 Å². The highest BCUT2D eigenvalue weighted by molar-refractivity contribution is 6.02. The average molecular weight is 333 g/mol. The Bertz CT molecular complexity index is 924. The molecule has 2 rings (SSSR count). The van der Waals surface area contributed by atoms with Crippen LogP contribution in [0.4, 0.5) is 5.82 Å². The minimum atomic E-state index is -0.860. The lowest BCUT2D eigenvalue weighted by Gasteiger charge is -2.11. The van der Waals surface area contributed by atoms with E-state index < -0.39 is 35.2 Å². The number of phenols is 1. The molecule has 0 aliphatic carbocycles. The number of aromatic nitrogens is 2. The number of aromatic hydroxyl groups is 1. The molecule has 0 aliphatic rings.